The number of anilines is 1. The van der Waals surface area contributed by atoms with Crippen molar-refractivity contribution in [1.82, 2.24) is 9.80 Å². The Morgan fingerprint density at radius 2 is 2.29 bits per heavy atom. The number of likely N-dealkylation sites (tertiary alicyclic amines) is 1. The second-order valence-corrected chi connectivity index (χ2v) is 5.82. The van der Waals surface area contributed by atoms with E-state index in [4.69, 9.17) is 0 Å². The average Bonchev–Trinajstić information content (AvgIpc) is 2.84. The molecule has 0 saturated carbocycles. The molecule has 21 heavy (non-hydrogen) atoms. The summed E-state index contributed by atoms with van der Waals surface area (Å²) >= 11 is 0. The number of nitrogens with zero attached hydrogens (tertiary/aromatic N) is 3. The quantitative estimate of drug-likeness (QED) is 0.643. The maximum atomic E-state index is 10.9. The van der Waals surface area contributed by atoms with Crippen LogP contribution in [-0.4, -0.2) is 55.0 Å². The minimum Gasteiger partial charge on any atom is -0.388 e. The van der Waals surface area contributed by atoms with Gasteiger partial charge in [-0.2, -0.15) is 0 Å². The molecule has 1 unspecified atom stereocenters. The van der Waals surface area contributed by atoms with Crippen molar-refractivity contribution in [3.05, 3.63) is 33.9 Å². The Morgan fingerprint density at radius 3 is 2.86 bits per heavy atom. The summed E-state index contributed by atoms with van der Waals surface area (Å²) in [5.74, 6) is 0. The molecular weight excluding hydrogens is 268 g/mol. The van der Waals surface area contributed by atoms with Crippen molar-refractivity contribution in [2.45, 2.75) is 25.4 Å². The minimum absolute atomic E-state index is 0.149. The Hall–Kier alpha value is -1.66. The van der Waals surface area contributed by atoms with Crippen LogP contribution in [0.3, 0.4) is 0 Å². The molecule has 1 heterocycles. The molecule has 2 rings (SSSR count). The van der Waals surface area contributed by atoms with Crippen LogP contribution in [0, 0.1) is 10.1 Å². The molecule has 1 saturated heterocycles. The SMILES string of the molecule is CNc1ccc([N+](=O)[O-])cc1CN(C)CC1CCCN1C. The predicted molar refractivity (Wildman–Crippen MR) is 84.6 cm³/mol. The Kier molecular flexibility index (Phi) is 5.14. The predicted octanol–water partition coefficient (Wildman–Crippen LogP) is 2.16. The van der Waals surface area contributed by atoms with Crippen molar-refractivity contribution in [3.8, 4) is 0 Å². The first-order valence-corrected chi connectivity index (χ1v) is 7.35. The third-order valence-corrected chi connectivity index (χ3v) is 4.20. The van der Waals surface area contributed by atoms with Gasteiger partial charge in [-0.05, 0) is 45.1 Å². The van der Waals surface area contributed by atoms with Crippen molar-refractivity contribution < 1.29 is 4.92 Å². The monoisotopic (exact) mass is 292 g/mol. The van der Waals surface area contributed by atoms with Crippen LogP contribution in [0.5, 0.6) is 0 Å². The maximum absolute atomic E-state index is 10.9. The molecule has 1 aliphatic heterocycles. The van der Waals surface area contributed by atoms with E-state index in [0.717, 1.165) is 24.3 Å². The molecule has 1 aromatic carbocycles. The third-order valence-electron chi connectivity index (χ3n) is 4.20. The van der Waals surface area contributed by atoms with Gasteiger partial charge in [0.1, 0.15) is 0 Å². The molecule has 0 radical (unpaired) electrons. The molecule has 6 nitrogen and oxygen atoms in total. The summed E-state index contributed by atoms with van der Waals surface area (Å²) < 4.78 is 0. The van der Waals surface area contributed by atoms with E-state index in [9.17, 15) is 10.1 Å². The van der Waals surface area contributed by atoms with E-state index >= 15 is 0 Å². The molecule has 1 atom stereocenters. The van der Waals surface area contributed by atoms with E-state index in [1.165, 1.54) is 12.8 Å². The van der Waals surface area contributed by atoms with Gasteiger partial charge in [-0.3, -0.25) is 10.1 Å². The molecule has 0 bridgehead atoms. The number of rotatable bonds is 6. The van der Waals surface area contributed by atoms with E-state index in [0.29, 0.717) is 12.6 Å². The molecule has 1 N–H and O–H groups in total. The van der Waals surface area contributed by atoms with Gasteiger partial charge in [0.15, 0.2) is 0 Å². The number of nitro benzene ring substituents is 1. The van der Waals surface area contributed by atoms with Crippen LogP contribution in [-0.2, 0) is 6.54 Å². The summed E-state index contributed by atoms with van der Waals surface area (Å²) in [4.78, 5) is 15.2. The maximum Gasteiger partial charge on any atom is 0.269 e. The molecular formula is C15H24N4O2. The molecule has 1 aliphatic rings. The van der Waals surface area contributed by atoms with E-state index in [1.54, 1.807) is 18.2 Å². The molecule has 0 aliphatic carbocycles. The first-order chi connectivity index (χ1) is 10.0. The molecule has 6 heteroatoms. The van der Waals surface area contributed by atoms with Gasteiger partial charge in [0.05, 0.1) is 4.92 Å². The Morgan fingerprint density at radius 1 is 1.52 bits per heavy atom. The van der Waals surface area contributed by atoms with Crippen molar-refractivity contribution in [3.63, 3.8) is 0 Å². The summed E-state index contributed by atoms with van der Waals surface area (Å²) in [5, 5.41) is 14.0. The van der Waals surface area contributed by atoms with E-state index in [-0.39, 0.29) is 10.6 Å². The molecule has 0 spiro atoms. The molecule has 1 aromatic rings. The van der Waals surface area contributed by atoms with Crippen LogP contribution in [0.25, 0.3) is 0 Å². The molecule has 0 aromatic heterocycles. The molecule has 116 valence electrons. The second-order valence-electron chi connectivity index (χ2n) is 5.82. The van der Waals surface area contributed by atoms with Crippen LogP contribution in [0.4, 0.5) is 11.4 Å². The fourth-order valence-electron chi connectivity index (χ4n) is 2.99. The van der Waals surface area contributed by atoms with Crippen LogP contribution in [0.1, 0.15) is 18.4 Å². The van der Waals surface area contributed by atoms with E-state index < -0.39 is 0 Å². The Labute approximate surface area is 125 Å². The van der Waals surface area contributed by atoms with Gasteiger partial charge in [-0.25, -0.2) is 0 Å². The Bertz CT molecular complexity index is 506. The highest BCUT2D eigenvalue weighted by Crippen LogP contribution is 2.24. The lowest BCUT2D eigenvalue weighted by Gasteiger charge is -2.26. The number of nitrogens with one attached hydrogen (secondary N) is 1. The first kappa shape index (κ1) is 15.7. The van der Waals surface area contributed by atoms with Gasteiger partial charge in [0.25, 0.3) is 5.69 Å². The van der Waals surface area contributed by atoms with Gasteiger partial charge < -0.3 is 15.1 Å². The lowest BCUT2D eigenvalue weighted by Crippen LogP contribution is -2.36. The summed E-state index contributed by atoms with van der Waals surface area (Å²) in [6.07, 6.45) is 2.49. The zero-order valence-corrected chi connectivity index (χ0v) is 13.0. The van der Waals surface area contributed by atoms with Gasteiger partial charge in [-0.15, -0.1) is 0 Å². The fourth-order valence-corrected chi connectivity index (χ4v) is 2.99. The largest absolute Gasteiger partial charge is 0.388 e. The van der Waals surface area contributed by atoms with Gasteiger partial charge >= 0.3 is 0 Å². The summed E-state index contributed by atoms with van der Waals surface area (Å²) in [6, 6.07) is 5.58. The number of likely N-dealkylation sites (N-methyl/N-ethyl adjacent to an activating group) is 2. The summed E-state index contributed by atoms with van der Waals surface area (Å²) in [6.45, 7) is 2.86. The standard InChI is InChI=1S/C15H24N4O2/c1-16-15-7-6-13(19(20)21)9-12(15)10-17(2)11-14-5-4-8-18(14)3/h6-7,9,14,16H,4-5,8,10-11H2,1-3H3. The normalized spacial score (nSPS) is 19.1. The van der Waals surface area contributed by atoms with Crippen molar-refractivity contribution in [2.75, 3.05) is 39.5 Å². The van der Waals surface area contributed by atoms with Crippen LogP contribution in [0.15, 0.2) is 18.2 Å². The number of hydrogen-bond donors (Lipinski definition) is 1. The molecule has 0 amide bonds. The van der Waals surface area contributed by atoms with Crippen LogP contribution < -0.4 is 5.32 Å². The van der Waals surface area contributed by atoms with Gasteiger partial charge in [0, 0.05) is 44.0 Å². The van der Waals surface area contributed by atoms with Crippen molar-refractivity contribution >= 4 is 11.4 Å². The van der Waals surface area contributed by atoms with Crippen LogP contribution in [0.2, 0.25) is 0 Å². The zero-order valence-electron chi connectivity index (χ0n) is 13.0. The lowest BCUT2D eigenvalue weighted by molar-refractivity contribution is -0.384. The van der Waals surface area contributed by atoms with E-state index in [1.807, 2.05) is 7.05 Å². The molecule has 1 fully saturated rings. The van der Waals surface area contributed by atoms with Crippen molar-refractivity contribution in [1.29, 1.82) is 0 Å². The topological polar surface area (TPSA) is 61.7 Å². The van der Waals surface area contributed by atoms with Gasteiger partial charge in [0.2, 0.25) is 0 Å². The number of nitro groups is 1. The fraction of sp³-hybridized carbons (Fsp3) is 0.600. The zero-order chi connectivity index (χ0) is 15.4. The van der Waals surface area contributed by atoms with Gasteiger partial charge in [-0.1, -0.05) is 0 Å². The highest BCUT2D eigenvalue weighted by atomic mass is 16.6. The first-order valence-electron chi connectivity index (χ1n) is 7.35. The lowest BCUT2D eigenvalue weighted by atomic mass is 10.1. The highest BCUT2D eigenvalue weighted by Gasteiger charge is 2.22. The van der Waals surface area contributed by atoms with Crippen molar-refractivity contribution in [2.24, 2.45) is 0 Å². The summed E-state index contributed by atoms with van der Waals surface area (Å²) in [7, 11) is 6.08. The highest BCUT2D eigenvalue weighted by molar-refractivity contribution is 5.55. The summed E-state index contributed by atoms with van der Waals surface area (Å²) in [5.41, 5.74) is 2.07. The van der Waals surface area contributed by atoms with Crippen LogP contribution >= 0.6 is 0 Å². The third kappa shape index (κ3) is 3.92. The Balaban J connectivity index is 2.06. The number of benzene rings is 1. The minimum atomic E-state index is -0.340. The number of hydrogen-bond acceptors (Lipinski definition) is 5. The number of non-ortho nitro benzene ring substituents is 1. The average molecular weight is 292 g/mol. The smallest absolute Gasteiger partial charge is 0.269 e. The van der Waals surface area contributed by atoms with E-state index in [2.05, 4.69) is 29.2 Å². The second kappa shape index (κ2) is 6.87.